The lowest BCUT2D eigenvalue weighted by Crippen LogP contribution is -1.91. The molecular weight excluding hydrogens is 172 g/mol. The Morgan fingerprint density at radius 3 is 3.00 bits per heavy atom. The van der Waals surface area contributed by atoms with E-state index in [2.05, 4.69) is 20.2 Å². The van der Waals surface area contributed by atoms with Crippen LogP contribution in [0.1, 0.15) is 0 Å². The number of rotatable bonds is 2. The molecular formula is C7H6N4O2. The molecule has 0 bridgehead atoms. The van der Waals surface area contributed by atoms with Crippen molar-refractivity contribution in [2.45, 2.75) is 0 Å². The van der Waals surface area contributed by atoms with Crippen molar-refractivity contribution in [1.29, 1.82) is 0 Å². The molecule has 6 heteroatoms. The second kappa shape index (κ2) is 3.18. The predicted octanol–water partition coefficient (Wildman–Crippen LogP) is 0.535. The number of ether oxygens (including phenoxy) is 1. The van der Waals surface area contributed by atoms with Crippen molar-refractivity contribution in [3.05, 3.63) is 18.8 Å². The molecule has 0 radical (unpaired) electrons. The standard InChI is InChI=1S/C7H6N4O2/c1-12-6-3-8-2-5(10-6)7-11-9-4-13-7/h2-4H,1H3. The van der Waals surface area contributed by atoms with Gasteiger partial charge in [-0.15, -0.1) is 10.2 Å². The minimum absolute atomic E-state index is 0.325. The second-order valence-electron chi connectivity index (χ2n) is 2.19. The van der Waals surface area contributed by atoms with Crippen LogP contribution in [0, 0.1) is 0 Å². The van der Waals surface area contributed by atoms with E-state index in [-0.39, 0.29) is 0 Å². The van der Waals surface area contributed by atoms with E-state index in [1.54, 1.807) is 0 Å². The van der Waals surface area contributed by atoms with Crippen molar-refractivity contribution in [3.63, 3.8) is 0 Å². The lowest BCUT2D eigenvalue weighted by molar-refractivity contribution is 0.395. The largest absolute Gasteiger partial charge is 0.480 e. The van der Waals surface area contributed by atoms with Gasteiger partial charge in [0.2, 0.25) is 12.3 Å². The normalized spacial score (nSPS) is 9.92. The van der Waals surface area contributed by atoms with E-state index in [9.17, 15) is 0 Å². The molecule has 6 nitrogen and oxygen atoms in total. The second-order valence-corrected chi connectivity index (χ2v) is 2.19. The summed E-state index contributed by atoms with van der Waals surface area (Å²) >= 11 is 0. The molecule has 13 heavy (non-hydrogen) atoms. The van der Waals surface area contributed by atoms with Crippen LogP contribution in [0.4, 0.5) is 0 Å². The van der Waals surface area contributed by atoms with E-state index >= 15 is 0 Å². The van der Waals surface area contributed by atoms with Crippen molar-refractivity contribution in [2.24, 2.45) is 0 Å². The van der Waals surface area contributed by atoms with E-state index in [1.807, 2.05) is 0 Å². The van der Waals surface area contributed by atoms with Crippen LogP contribution in [-0.2, 0) is 0 Å². The monoisotopic (exact) mass is 178 g/mol. The van der Waals surface area contributed by atoms with Crippen LogP contribution in [-0.4, -0.2) is 27.3 Å². The van der Waals surface area contributed by atoms with Crippen molar-refractivity contribution >= 4 is 0 Å². The molecule has 0 N–H and O–H groups in total. The zero-order valence-corrected chi connectivity index (χ0v) is 6.84. The van der Waals surface area contributed by atoms with Crippen molar-refractivity contribution in [2.75, 3.05) is 7.11 Å². The fourth-order valence-electron chi connectivity index (χ4n) is 0.834. The molecule has 2 heterocycles. The van der Waals surface area contributed by atoms with Gasteiger partial charge in [-0.2, -0.15) is 0 Å². The smallest absolute Gasteiger partial charge is 0.267 e. The molecule has 0 amide bonds. The van der Waals surface area contributed by atoms with E-state index < -0.39 is 0 Å². The van der Waals surface area contributed by atoms with E-state index in [1.165, 1.54) is 25.9 Å². The summed E-state index contributed by atoms with van der Waals surface area (Å²) in [6.07, 6.45) is 4.26. The van der Waals surface area contributed by atoms with E-state index in [0.717, 1.165) is 0 Å². The molecule has 0 saturated carbocycles. The maximum atomic E-state index is 4.94. The number of nitrogens with zero attached hydrogens (tertiary/aromatic N) is 4. The third-order valence-electron chi connectivity index (χ3n) is 1.40. The Balaban J connectivity index is 2.41. The number of aromatic nitrogens is 4. The van der Waals surface area contributed by atoms with Gasteiger partial charge in [-0.25, -0.2) is 4.98 Å². The van der Waals surface area contributed by atoms with Crippen molar-refractivity contribution < 1.29 is 9.15 Å². The highest BCUT2D eigenvalue weighted by molar-refractivity contribution is 5.44. The maximum absolute atomic E-state index is 4.94. The summed E-state index contributed by atoms with van der Waals surface area (Å²) in [4.78, 5) is 7.95. The van der Waals surface area contributed by atoms with Crippen LogP contribution in [0.25, 0.3) is 11.6 Å². The molecule has 0 spiro atoms. The molecule has 0 atom stereocenters. The van der Waals surface area contributed by atoms with Gasteiger partial charge < -0.3 is 9.15 Å². The summed E-state index contributed by atoms with van der Waals surface area (Å²) in [6.45, 7) is 0. The van der Waals surface area contributed by atoms with Crippen LogP contribution in [0.5, 0.6) is 5.88 Å². The zero-order chi connectivity index (χ0) is 9.10. The van der Waals surface area contributed by atoms with Crippen LogP contribution >= 0.6 is 0 Å². The quantitative estimate of drug-likeness (QED) is 0.667. The first-order chi connectivity index (χ1) is 6.40. The number of hydrogen-bond acceptors (Lipinski definition) is 6. The third kappa shape index (κ3) is 1.46. The Morgan fingerprint density at radius 1 is 1.38 bits per heavy atom. The topological polar surface area (TPSA) is 73.9 Å². The lowest BCUT2D eigenvalue weighted by atomic mass is 10.4. The number of methoxy groups -OCH3 is 1. The average Bonchev–Trinajstić information content (AvgIpc) is 2.71. The number of hydrogen-bond donors (Lipinski definition) is 0. The minimum atomic E-state index is 0.325. The first-order valence-electron chi connectivity index (χ1n) is 3.52. The van der Waals surface area contributed by atoms with Crippen molar-refractivity contribution in [1.82, 2.24) is 20.2 Å². The highest BCUT2D eigenvalue weighted by Crippen LogP contribution is 2.14. The predicted molar refractivity (Wildman–Crippen MR) is 41.9 cm³/mol. The molecule has 66 valence electrons. The van der Waals surface area contributed by atoms with Gasteiger partial charge in [-0.1, -0.05) is 0 Å². The summed E-state index contributed by atoms with van der Waals surface area (Å²) in [5.41, 5.74) is 0.497. The van der Waals surface area contributed by atoms with Gasteiger partial charge in [0.15, 0.2) is 0 Å². The fraction of sp³-hybridized carbons (Fsp3) is 0.143. The molecule has 0 aliphatic rings. The van der Waals surface area contributed by atoms with E-state index in [0.29, 0.717) is 17.5 Å². The van der Waals surface area contributed by atoms with Crippen LogP contribution in [0.3, 0.4) is 0 Å². The summed E-state index contributed by atoms with van der Waals surface area (Å²) in [7, 11) is 1.52. The Bertz CT molecular complexity index is 387. The van der Waals surface area contributed by atoms with E-state index in [4.69, 9.17) is 9.15 Å². The molecule has 2 aromatic heterocycles. The molecule has 2 aromatic rings. The lowest BCUT2D eigenvalue weighted by Gasteiger charge is -1.97. The Kier molecular flexibility index (Phi) is 1.87. The Morgan fingerprint density at radius 2 is 2.31 bits per heavy atom. The molecule has 0 fully saturated rings. The molecule has 0 aromatic carbocycles. The Labute approximate surface area is 73.6 Å². The third-order valence-corrected chi connectivity index (χ3v) is 1.40. The van der Waals surface area contributed by atoms with Crippen LogP contribution in [0.15, 0.2) is 23.2 Å². The molecule has 2 rings (SSSR count). The van der Waals surface area contributed by atoms with Crippen LogP contribution < -0.4 is 4.74 Å². The minimum Gasteiger partial charge on any atom is -0.480 e. The molecule has 0 saturated heterocycles. The molecule has 0 unspecified atom stereocenters. The highest BCUT2D eigenvalue weighted by atomic mass is 16.5. The first-order valence-corrected chi connectivity index (χ1v) is 3.52. The highest BCUT2D eigenvalue weighted by Gasteiger charge is 2.06. The SMILES string of the molecule is COc1cncc(-c2nnco2)n1. The summed E-state index contributed by atoms with van der Waals surface area (Å²) in [5, 5.41) is 7.22. The van der Waals surface area contributed by atoms with Gasteiger partial charge in [0.05, 0.1) is 19.5 Å². The van der Waals surface area contributed by atoms with Gasteiger partial charge in [0, 0.05) is 0 Å². The molecule has 0 aliphatic heterocycles. The summed E-state index contributed by atoms with van der Waals surface area (Å²) in [6, 6.07) is 0. The zero-order valence-electron chi connectivity index (χ0n) is 6.84. The van der Waals surface area contributed by atoms with Gasteiger partial charge >= 0.3 is 0 Å². The van der Waals surface area contributed by atoms with Gasteiger partial charge in [-0.3, -0.25) is 4.98 Å². The summed E-state index contributed by atoms with van der Waals surface area (Å²) < 4.78 is 9.83. The average molecular weight is 178 g/mol. The molecule has 0 aliphatic carbocycles. The first kappa shape index (κ1) is 7.66. The van der Waals surface area contributed by atoms with Gasteiger partial charge in [0.25, 0.3) is 5.89 Å². The van der Waals surface area contributed by atoms with Gasteiger partial charge in [-0.05, 0) is 0 Å². The van der Waals surface area contributed by atoms with Crippen LogP contribution in [0.2, 0.25) is 0 Å². The maximum Gasteiger partial charge on any atom is 0.267 e. The summed E-state index contributed by atoms with van der Waals surface area (Å²) in [5.74, 6) is 0.738. The Hall–Kier alpha value is -1.98. The fourth-order valence-corrected chi connectivity index (χ4v) is 0.834. The van der Waals surface area contributed by atoms with Gasteiger partial charge in [0.1, 0.15) is 5.69 Å². The van der Waals surface area contributed by atoms with Crippen molar-refractivity contribution in [3.8, 4) is 17.5 Å².